The van der Waals surface area contributed by atoms with Gasteiger partial charge in [-0.2, -0.15) is 0 Å². The van der Waals surface area contributed by atoms with Gasteiger partial charge in [0.15, 0.2) is 5.13 Å². The standard InChI is InChI=1S/C15H10N4O6S2/c20-12-6-1-9(7-16-12)14(21)18-15-17-8-13(26-15)27(24,25)11-4-2-10(3-5-11)19(22)23/h1-8H,(H,16,20)(H,17,18,21). The predicted octanol–water partition coefficient (Wildman–Crippen LogP) is 1.82. The molecule has 3 aromatic rings. The number of nitrogens with one attached hydrogen (secondary N) is 2. The van der Waals surface area contributed by atoms with Crippen molar-refractivity contribution < 1.29 is 18.1 Å². The highest BCUT2D eigenvalue weighted by Crippen LogP contribution is 2.29. The molecule has 138 valence electrons. The second-order valence-electron chi connectivity index (χ2n) is 5.13. The molecule has 0 unspecified atom stereocenters. The molecular weight excluding hydrogens is 396 g/mol. The second-order valence-corrected chi connectivity index (χ2v) is 8.34. The van der Waals surface area contributed by atoms with Crippen molar-refractivity contribution in [1.29, 1.82) is 0 Å². The number of hydrogen-bond donors (Lipinski definition) is 2. The molecule has 0 radical (unpaired) electrons. The first kappa shape index (κ1) is 18.4. The lowest BCUT2D eigenvalue weighted by Gasteiger charge is -2.01. The number of anilines is 1. The fraction of sp³-hybridized carbons (Fsp3) is 0. The number of carbonyl (C=O) groups excluding carboxylic acids is 1. The van der Waals surface area contributed by atoms with E-state index in [1.165, 1.54) is 18.3 Å². The molecule has 0 aliphatic carbocycles. The number of sulfone groups is 1. The highest BCUT2D eigenvalue weighted by Gasteiger charge is 2.22. The average Bonchev–Trinajstić information content (AvgIpc) is 3.11. The highest BCUT2D eigenvalue weighted by molar-refractivity contribution is 7.93. The Morgan fingerprint density at radius 1 is 1.19 bits per heavy atom. The lowest BCUT2D eigenvalue weighted by atomic mass is 10.3. The quantitative estimate of drug-likeness (QED) is 0.484. The first-order chi connectivity index (χ1) is 12.8. The molecule has 1 aromatic carbocycles. The summed E-state index contributed by atoms with van der Waals surface area (Å²) in [5.74, 6) is -0.570. The van der Waals surface area contributed by atoms with Crippen molar-refractivity contribution in [3.63, 3.8) is 0 Å². The molecule has 3 rings (SSSR count). The van der Waals surface area contributed by atoms with Gasteiger partial charge in [0.25, 0.3) is 11.6 Å². The van der Waals surface area contributed by atoms with Gasteiger partial charge in [0.1, 0.15) is 4.21 Å². The number of benzene rings is 1. The first-order valence-electron chi connectivity index (χ1n) is 7.23. The van der Waals surface area contributed by atoms with E-state index in [4.69, 9.17) is 0 Å². The van der Waals surface area contributed by atoms with E-state index in [-0.39, 0.29) is 31.0 Å². The Bertz CT molecular complexity index is 1160. The zero-order valence-electron chi connectivity index (χ0n) is 13.3. The normalized spacial score (nSPS) is 11.1. The van der Waals surface area contributed by atoms with Crippen LogP contribution in [0.5, 0.6) is 0 Å². The number of aromatic nitrogens is 2. The lowest BCUT2D eigenvalue weighted by molar-refractivity contribution is -0.384. The van der Waals surface area contributed by atoms with E-state index in [0.29, 0.717) is 0 Å². The molecule has 0 saturated heterocycles. The monoisotopic (exact) mass is 406 g/mol. The van der Waals surface area contributed by atoms with Crippen molar-refractivity contribution in [3.05, 3.63) is 74.8 Å². The summed E-state index contributed by atoms with van der Waals surface area (Å²) in [4.78, 5) is 39.2. The fourth-order valence-electron chi connectivity index (χ4n) is 2.03. The van der Waals surface area contributed by atoms with Crippen LogP contribution in [-0.4, -0.2) is 29.2 Å². The molecule has 1 amide bonds. The third kappa shape index (κ3) is 3.91. The van der Waals surface area contributed by atoms with Gasteiger partial charge in [-0.1, -0.05) is 11.3 Å². The number of hydrogen-bond acceptors (Lipinski definition) is 8. The molecule has 0 aliphatic heterocycles. The van der Waals surface area contributed by atoms with E-state index >= 15 is 0 Å². The summed E-state index contributed by atoms with van der Waals surface area (Å²) in [7, 11) is -3.93. The zero-order chi connectivity index (χ0) is 19.6. The van der Waals surface area contributed by atoms with Crippen LogP contribution in [-0.2, 0) is 9.84 Å². The molecular formula is C15H10N4O6S2. The first-order valence-corrected chi connectivity index (χ1v) is 9.53. The number of H-pyrrole nitrogens is 1. The third-order valence-electron chi connectivity index (χ3n) is 3.37. The summed E-state index contributed by atoms with van der Waals surface area (Å²) in [6.07, 6.45) is 2.31. The van der Waals surface area contributed by atoms with Crippen LogP contribution in [0.15, 0.2) is 62.7 Å². The van der Waals surface area contributed by atoms with E-state index in [0.717, 1.165) is 41.8 Å². The lowest BCUT2D eigenvalue weighted by Crippen LogP contribution is -2.14. The molecule has 0 spiro atoms. The van der Waals surface area contributed by atoms with Crippen LogP contribution in [0.2, 0.25) is 0 Å². The van der Waals surface area contributed by atoms with E-state index in [9.17, 15) is 28.1 Å². The van der Waals surface area contributed by atoms with Crippen LogP contribution >= 0.6 is 11.3 Å². The Hall–Kier alpha value is -3.38. The van der Waals surface area contributed by atoms with Crippen molar-refractivity contribution in [2.75, 3.05) is 5.32 Å². The van der Waals surface area contributed by atoms with Crippen LogP contribution in [0.4, 0.5) is 10.8 Å². The number of pyridine rings is 1. The van der Waals surface area contributed by atoms with E-state index in [2.05, 4.69) is 15.3 Å². The minimum absolute atomic E-state index is 0.0479. The van der Waals surface area contributed by atoms with Gasteiger partial charge < -0.3 is 4.98 Å². The Morgan fingerprint density at radius 3 is 2.48 bits per heavy atom. The number of nitro groups is 1. The van der Waals surface area contributed by atoms with Gasteiger partial charge in [0.05, 0.1) is 21.6 Å². The number of nitrogens with zero attached hydrogens (tertiary/aromatic N) is 2. The van der Waals surface area contributed by atoms with Crippen LogP contribution in [0.3, 0.4) is 0 Å². The van der Waals surface area contributed by atoms with Gasteiger partial charge in [-0.05, 0) is 18.2 Å². The van der Waals surface area contributed by atoms with Gasteiger partial charge in [-0.3, -0.25) is 25.0 Å². The zero-order valence-corrected chi connectivity index (χ0v) is 14.9. The highest BCUT2D eigenvalue weighted by atomic mass is 32.2. The number of amides is 1. The van der Waals surface area contributed by atoms with Gasteiger partial charge in [-0.25, -0.2) is 13.4 Å². The Morgan fingerprint density at radius 2 is 1.89 bits per heavy atom. The van der Waals surface area contributed by atoms with Crippen LogP contribution in [0.1, 0.15) is 10.4 Å². The maximum Gasteiger partial charge on any atom is 0.269 e. The van der Waals surface area contributed by atoms with Crippen LogP contribution in [0.25, 0.3) is 0 Å². The largest absolute Gasteiger partial charge is 0.328 e. The molecule has 2 aromatic heterocycles. The number of rotatable bonds is 5. The Labute approximate surface area is 155 Å². The van der Waals surface area contributed by atoms with Gasteiger partial charge in [0, 0.05) is 24.4 Å². The number of carbonyl (C=O) groups is 1. The minimum Gasteiger partial charge on any atom is -0.328 e. The molecule has 10 nitrogen and oxygen atoms in total. The van der Waals surface area contributed by atoms with Gasteiger partial charge in [-0.15, -0.1) is 0 Å². The topological polar surface area (TPSA) is 152 Å². The number of nitro benzene ring substituents is 1. The van der Waals surface area contributed by atoms with Crippen molar-refractivity contribution >= 4 is 37.9 Å². The van der Waals surface area contributed by atoms with Gasteiger partial charge >= 0.3 is 0 Å². The second kappa shape index (κ2) is 7.09. The Balaban J connectivity index is 1.81. The molecule has 0 fully saturated rings. The summed E-state index contributed by atoms with van der Waals surface area (Å²) in [6.45, 7) is 0. The van der Waals surface area contributed by atoms with Crippen molar-refractivity contribution in [3.8, 4) is 0 Å². The fourth-order valence-corrected chi connectivity index (χ4v) is 4.45. The van der Waals surface area contributed by atoms with Crippen LogP contribution < -0.4 is 10.9 Å². The number of non-ortho nitro benzene ring substituents is 1. The molecule has 0 aliphatic rings. The molecule has 0 saturated carbocycles. The predicted molar refractivity (Wildman–Crippen MR) is 95.7 cm³/mol. The summed E-state index contributed by atoms with van der Waals surface area (Å²) in [6, 6.07) is 6.94. The molecule has 2 heterocycles. The average molecular weight is 406 g/mol. The summed E-state index contributed by atoms with van der Waals surface area (Å²) >= 11 is 0.734. The van der Waals surface area contributed by atoms with Gasteiger partial charge in [0.2, 0.25) is 15.4 Å². The van der Waals surface area contributed by atoms with Crippen LogP contribution in [0, 0.1) is 10.1 Å². The summed E-state index contributed by atoms with van der Waals surface area (Å²) in [5.41, 5.74) is -0.422. The maximum atomic E-state index is 12.6. The minimum atomic E-state index is -3.93. The number of aromatic amines is 1. The van der Waals surface area contributed by atoms with Crippen molar-refractivity contribution in [2.24, 2.45) is 0 Å². The third-order valence-corrected chi connectivity index (χ3v) is 6.52. The molecule has 2 N–H and O–H groups in total. The van der Waals surface area contributed by atoms with Crippen molar-refractivity contribution in [1.82, 2.24) is 9.97 Å². The van der Waals surface area contributed by atoms with E-state index in [1.54, 1.807) is 0 Å². The molecule has 27 heavy (non-hydrogen) atoms. The molecule has 12 heteroatoms. The maximum absolute atomic E-state index is 12.6. The molecule has 0 bridgehead atoms. The Kier molecular flexibility index (Phi) is 4.83. The SMILES string of the molecule is O=C(Nc1ncc(S(=O)(=O)c2ccc([N+](=O)[O-])cc2)s1)c1ccc(=O)[nH]c1. The van der Waals surface area contributed by atoms with E-state index < -0.39 is 20.7 Å². The smallest absolute Gasteiger partial charge is 0.269 e. The van der Waals surface area contributed by atoms with E-state index in [1.807, 2.05) is 0 Å². The molecule has 0 atom stereocenters. The number of thiazole rings is 1. The van der Waals surface area contributed by atoms with Crippen molar-refractivity contribution in [2.45, 2.75) is 9.10 Å². The summed E-state index contributed by atoms with van der Waals surface area (Å²) < 4.78 is 25.0. The summed E-state index contributed by atoms with van der Waals surface area (Å²) in [5, 5.41) is 13.1.